The van der Waals surface area contributed by atoms with Gasteiger partial charge in [0.15, 0.2) is 0 Å². The first-order valence-corrected chi connectivity index (χ1v) is 6.10. The third-order valence-electron chi connectivity index (χ3n) is 2.04. The van der Waals surface area contributed by atoms with E-state index in [1.807, 2.05) is 13.8 Å². The first-order chi connectivity index (χ1) is 7.07. The van der Waals surface area contributed by atoms with Crippen molar-refractivity contribution in [3.05, 3.63) is 17.7 Å². The predicted octanol–water partition coefficient (Wildman–Crippen LogP) is 2.42. The number of hydrogen-bond acceptors (Lipinski definition) is 3. The van der Waals surface area contributed by atoms with Crippen LogP contribution >= 0.6 is 11.8 Å². The molecule has 84 valence electrons. The Labute approximate surface area is 93.7 Å². The molecule has 0 atom stereocenters. The van der Waals surface area contributed by atoms with Gasteiger partial charge in [-0.15, -0.1) is 0 Å². The minimum atomic E-state index is -0.962. The van der Waals surface area contributed by atoms with Gasteiger partial charge in [-0.05, 0) is 19.6 Å². The Hall–Kier alpha value is -0.970. The van der Waals surface area contributed by atoms with Crippen LogP contribution in [0.1, 0.15) is 43.1 Å². The molecule has 1 aromatic heterocycles. The molecule has 0 unspecified atom stereocenters. The highest BCUT2D eigenvalue weighted by Crippen LogP contribution is 2.18. The average Bonchev–Trinajstić information content (AvgIpc) is 2.58. The second kappa shape index (κ2) is 5.21. The summed E-state index contributed by atoms with van der Waals surface area (Å²) < 4.78 is 1.78. The minimum Gasteiger partial charge on any atom is -0.475 e. The largest absolute Gasteiger partial charge is 0.475 e. The molecule has 0 fully saturated rings. The summed E-state index contributed by atoms with van der Waals surface area (Å²) in [6.45, 7) is 6.02. The first kappa shape index (κ1) is 12.1. The number of nitrogens with zero attached hydrogens (tertiary/aromatic N) is 2. The smallest absolute Gasteiger partial charge is 0.372 e. The van der Waals surface area contributed by atoms with E-state index in [2.05, 4.69) is 11.9 Å². The van der Waals surface area contributed by atoms with E-state index in [1.165, 1.54) is 0 Å². The molecule has 1 rings (SSSR count). The van der Waals surface area contributed by atoms with Crippen LogP contribution in [0.3, 0.4) is 0 Å². The lowest BCUT2D eigenvalue weighted by Gasteiger charge is -2.13. The lowest BCUT2D eigenvalue weighted by molar-refractivity contribution is 0.0676. The Morgan fingerprint density at radius 1 is 1.67 bits per heavy atom. The summed E-state index contributed by atoms with van der Waals surface area (Å²) in [4.78, 5) is 14.9. The van der Waals surface area contributed by atoms with E-state index in [0.717, 1.165) is 17.2 Å². The molecule has 0 aliphatic rings. The van der Waals surface area contributed by atoms with Crippen LogP contribution in [0.5, 0.6) is 0 Å². The van der Waals surface area contributed by atoms with E-state index < -0.39 is 5.97 Å². The quantitative estimate of drug-likeness (QED) is 0.840. The van der Waals surface area contributed by atoms with Crippen molar-refractivity contribution in [1.29, 1.82) is 0 Å². The molecular weight excluding hydrogens is 212 g/mol. The molecule has 0 saturated heterocycles. The third-order valence-corrected chi connectivity index (χ3v) is 2.94. The van der Waals surface area contributed by atoms with Crippen LogP contribution in [-0.2, 0) is 5.75 Å². The summed E-state index contributed by atoms with van der Waals surface area (Å²) in [5.41, 5.74) is 0.981. The zero-order valence-electron chi connectivity index (χ0n) is 9.23. The molecule has 0 spiro atoms. The maximum atomic E-state index is 10.9. The maximum Gasteiger partial charge on any atom is 0.372 e. The Bertz CT molecular complexity index is 347. The SMILES string of the molecule is CCSCc1cnc(C(=O)O)n1C(C)C. The summed E-state index contributed by atoms with van der Waals surface area (Å²) in [6.07, 6.45) is 1.66. The number of carbonyl (C=O) groups is 1. The number of aromatic carboxylic acids is 1. The van der Waals surface area contributed by atoms with Gasteiger partial charge in [0.1, 0.15) is 0 Å². The molecular formula is C10H16N2O2S. The fraction of sp³-hybridized carbons (Fsp3) is 0.600. The molecule has 0 radical (unpaired) electrons. The van der Waals surface area contributed by atoms with Crippen LogP contribution in [0.25, 0.3) is 0 Å². The van der Waals surface area contributed by atoms with E-state index >= 15 is 0 Å². The molecule has 15 heavy (non-hydrogen) atoms. The van der Waals surface area contributed by atoms with E-state index in [-0.39, 0.29) is 11.9 Å². The Balaban J connectivity index is 3.01. The van der Waals surface area contributed by atoms with Crippen molar-refractivity contribution in [3.8, 4) is 0 Å². The Kier molecular flexibility index (Phi) is 4.20. The summed E-state index contributed by atoms with van der Waals surface area (Å²) in [5, 5.41) is 8.96. The summed E-state index contributed by atoms with van der Waals surface area (Å²) in [7, 11) is 0. The number of hydrogen-bond donors (Lipinski definition) is 1. The van der Waals surface area contributed by atoms with Crippen LogP contribution in [0.4, 0.5) is 0 Å². The van der Waals surface area contributed by atoms with Crippen LogP contribution in [0.15, 0.2) is 6.20 Å². The molecule has 5 heteroatoms. The molecule has 0 bridgehead atoms. The van der Waals surface area contributed by atoms with Gasteiger partial charge >= 0.3 is 5.97 Å². The van der Waals surface area contributed by atoms with Gasteiger partial charge in [-0.2, -0.15) is 11.8 Å². The number of aromatic nitrogens is 2. The summed E-state index contributed by atoms with van der Waals surface area (Å²) in [6, 6.07) is 0.131. The molecule has 0 saturated carbocycles. The molecule has 4 nitrogen and oxygen atoms in total. The minimum absolute atomic E-state index is 0.131. The van der Waals surface area contributed by atoms with Crippen LogP contribution in [-0.4, -0.2) is 26.4 Å². The third kappa shape index (κ3) is 2.75. The molecule has 1 heterocycles. The van der Waals surface area contributed by atoms with Gasteiger partial charge in [-0.1, -0.05) is 6.92 Å². The number of rotatable bonds is 5. The summed E-state index contributed by atoms with van der Waals surface area (Å²) >= 11 is 1.76. The van der Waals surface area contributed by atoms with Gasteiger partial charge < -0.3 is 9.67 Å². The van der Waals surface area contributed by atoms with Gasteiger partial charge in [-0.25, -0.2) is 9.78 Å². The number of carboxylic acids is 1. The first-order valence-electron chi connectivity index (χ1n) is 4.95. The van der Waals surface area contributed by atoms with Crippen molar-refractivity contribution < 1.29 is 9.90 Å². The highest BCUT2D eigenvalue weighted by atomic mass is 32.2. The molecule has 0 amide bonds. The van der Waals surface area contributed by atoms with Crippen molar-refractivity contribution in [2.75, 3.05) is 5.75 Å². The average molecular weight is 228 g/mol. The van der Waals surface area contributed by atoms with Gasteiger partial charge in [0, 0.05) is 23.7 Å². The predicted molar refractivity (Wildman–Crippen MR) is 61.4 cm³/mol. The van der Waals surface area contributed by atoms with Crippen molar-refractivity contribution in [2.45, 2.75) is 32.6 Å². The lowest BCUT2D eigenvalue weighted by atomic mass is 10.3. The Morgan fingerprint density at radius 3 is 2.80 bits per heavy atom. The van der Waals surface area contributed by atoms with E-state index in [9.17, 15) is 4.79 Å². The van der Waals surface area contributed by atoms with Crippen molar-refractivity contribution in [1.82, 2.24) is 9.55 Å². The topological polar surface area (TPSA) is 55.1 Å². The standard InChI is InChI=1S/C10H16N2O2S/c1-4-15-6-8-5-11-9(10(13)14)12(8)7(2)3/h5,7H,4,6H2,1-3H3,(H,13,14). The lowest BCUT2D eigenvalue weighted by Crippen LogP contribution is -2.13. The molecule has 0 aliphatic carbocycles. The number of imidazole rings is 1. The van der Waals surface area contributed by atoms with E-state index in [0.29, 0.717) is 0 Å². The zero-order chi connectivity index (χ0) is 11.4. The second-order valence-corrected chi connectivity index (χ2v) is 4.75. The van der Waals surface area contributed by atoms with Gasteiger partial charge in [-0.3, -0.25) is 0 Å². The normalized spacial score (nSPS) is 10.9. The highest BCUT2D eigenvalue weighted by Gasteiger charge is 2.17. The van der Waals surface area contributed by atoms with Crippen molar-refractivity contribution in [2.24, 2.45) is 0 Å². The van der Waals surface area contributed by atoms with Gasteiger partial charge in [0.25, 0.3) is 0 Å². The van der Waals surface area contributed by atoms with Crippen molar-refractivity contribution >= 4 is 17.7 Å². The maximum absolute atomic E-state index is 10.9. The van der Waals surface area contributed by atoms with Crippen LogP contribution in [0.2, 0.25) is 0 Å². The van der Waals surface area contributed by atoms with Gasteiger partial charge in [0.2, 0.25) is 5.82 Å². The number of carboxylic acid groups (broad SMARTS) is 1. The molecule has 1 N–H and O–H groups in total. The van der Waals surface area contributed by atoms with E-state index in [4.69, 9.17) is 5.11 Å². The number of thioether (sulfide) groups is 1. The van der Waals surface area contributed by atoms with Crippen molar-refractivity contribution in [3.63, 3.8) is 0 Å². The fourth-order valence-electron chi connectivity index (χ4n) is 1.44. The molecule has 1 aromatic rings. The van der Waals surface area contributed by atoms with E-state index in [1.54, 1.807) is 22.5 Å². The Morgan fingerprint density at radius 2 is 2.33 bits per heavy atom. The van der Waals surface area contributed by atoms with Crippen LogP contribution < -0.4 is 0 Å². The zero-order valence-corrected chi connectivity index (χ0v) is 10.0. The molecule has 0 aliphatic heterocycles. The highest BCUT2D eigenvalue weighted by molar-refractivity contribution is 7.98. The molecule has 0 aromatic carbocycles. The van der Waals surface area contributed by atoms with Crippen LogP contribution in [0, 0.1) is 0 Å². The second-order valence-electron chi connectivity index (χ2n) is 3.48. The monoisotopic (exact) mass is 228 g/mol. The van der Waals surface area contributed by atoms with Gasteiger partial charge in [0.05, 0.1) is 0 Å². The fourth-order valence-corrected chi connectivity index (χ4v) is 2.07. The summed E-state index contributed by atoms with van der Waals surface area (Å²) in [5.74, 6) is 1.01.